The molecule has 1 nitrogen and oxygen atoms in total. The van der Waals surface area contributed by atoms with Crippen molar-refractivity contribution in [2.45, 2.75) is 18.4 Å². The van der Waals surface area contributed by atoms with E-state index in [9.17, 15) is 4.39 Å². The molecule has 0 saturated heterocycles. The Balaban J connectivity index is 1.84. The molecule has 3 atom stereocenters. The van der Waals surface area contributed by atoms with Crippen molar-refractivity contribution in [2.24, 2.45) is 5.92 Å². The molecule has 0 spiro atoms. The van der Waals surface area contributed by atoms with E-state index in [1.807, 2.05) is 25.2 Å². The van der Waals surface area contributed by atoms with Crippen LogP contribution in [0.1, 0.15) is 29.5 Å². The van der Waals surface area contributed by atoms with E-state index in [2.05, 4.69) is 45.5 Å². The Hall–Kier alpha value is -1.19. The number of benzene rings is 2. The maximum Gasteiger partial charge on any atom is 0.142 e. The molecule has 1 aliphatic rings. The molecule has 1 aliphatic carbocycles. The molecule has 0 aliphatic heterocycles. The molecule has 3 unspecified atom stereocenters. The Morgan fingerprint density at radius 2 is 1.90 bits per heavy atom. The Morgan fingerprint density at radius 3 is 2.60 bits per heavy atom. The van der Waals surface area contributed by atoms with Gasteiger partial charge < -0.3 is 5.32 Å². The van der Waals surface area contributed by atoms with Crippen molar-refractivity contribution in [3.05, 3.63) is 69.9 Å². The standard InChI is InChI=1S/C17H17BrFN/c1-20-17(12-8-5-9-15(18)16(12)19)14-10-13(14)11-6-3-2-4-7-11/h2-9,13-14,17,20H,10H2,1H3. The summed E-state index contributed by atoms with van der Waals surface area (Å²) in [4.78, 5) is 0. The molecule has 1 fully saturated rings. The van der Waals surface area contributed by atoms with Gasteiger partial charge in [0, 0.05) is 11.6 Å². The Kier molecular flexibility index (Phi) is 3.90. The van der Waals surface area contributed by atoms with Gasteiger partial charge in [-0.1, -0.05) is 42.5 Å². The average molecular weight is 334 g/mol. The van der Waals surface area contributed by atoms with Gasteiger partial charge in [-0.05, 0) is 52.9 Å². The Morgan fingerprint density at radius 1 is 1.15 bits per heavy atom. The summed E-state index contributed by atoms with van der Waals surface area (Å²) in [5.74, 6) is 0.851. The third kappa shape index (κ3) is 2.52. The molecule has 1 N–H and O–H groups in total. The molecule has 3 heteroatoms. The first-order chi connectivity index (χ1) is 9.72. The molecule has 2 aromatic rings. The van der Waals surface area contributed by atoms with Gasteiger partial charge >= 0.3 is 0 Å². The summed E-state index contributed by atoms with van der Waals surface area (Å²) < 4.78 is 14.8. The normalized spacial score (nSPS) is 22.6. The van der Waals surface area contributed by atoms with Gasteiger partial charge in [-0.25, -0.2) is 4.39 Å². The van der Waals surface area contributed by atoms with Crippen LogP contribution in [0.5, 0.6) is 0 Å². The predicted octanol–water partition coefficient (Wildman–Crippen LogP) is 4.65. The van der Waals surface area contributed by atoms with Crippen LogP contribution in [-0.2, 0) is 0 Å². The quantitative estimate of drug-likeness (QED) is 0.858. The van der Waals surface area contributed by atoms with Gasteiger partial charge in [-0.2, -0.15) is 0 Å². The van der Waals surface area contributed by atoms with Crippen LogP contribution in [0.2, 0.25) is 0 Å². The third-order valence-electron chi connectivity index (χ3n) is 4.12. The fourth-order valence-electron chi connectivity index (χ4n) is 3.03. The highest BCUT2D eigenvalue weighted by Crippen LogP contribution is 2.54. The summed E-state index contributed by atoms with van der Waals surface area (Å²) in [6.45, 7) is 0. The van der Waals surface area contributed by atoms with Gasteiger partial charge in [-0.3, -0.25) is 0 Å². The van der Waals surface area contributed by atoms with Crippen LogP contribution in [-0.4, -0.2) is 7.05 Å². The van der Waals surface area contributed by atoms with Crippen LogP contribution in [0.4, 0.5) is 4.39 Å². The monoisotopic (exact) mass is 333 g/mol. The third-order valence-corrected chi connectivity index (χ3v) is 4.74. The molecule has 104 valence electrons. The predicted molar refractivity (Wildman–Crippen MR) is 83.2 cm³/mol. The first-order valence-electron chi connectivity index (χ1n) is 6.88. The summed E-state index contributed by atoms with van der Waals surface area (Å²) in [5.41, 5.74) is 2.11. The van der Waals surface area contributed by atoms with Gasteiger partial charge in [-0.15, -0.1) is 0 Å². The van der Waals surface area contributed by atoms with Gasteiger partial charge in [0.05, 0.1) is 4.47 Å². The second-order valence-electron chi connectivity index (χ2n) is 5.33. The van der Waals surface area contributed by atoms with Crippen molar-refractivity contribution in [1.29, 1.82) is 0 Å². The second-order valence-corrected chi connectivity index (χ2v) is 6.18. The fourth-order valence-corrected chi connectivity index (χ4v) is 3.41. The first kappa shape index (κ1) is 13.8. The Bertz CT molecular complexity index is 599. The molecule has 0 aromatic heterocycles. The molecule has 1 saturated carbocycles. The van der Waals surface area contributed by atoms with E-state index in [0.29, 0.717) is 16.3 Å². The van der Waals surface area contributed by atoms with E-state index >= 15 is 0 Å². The largest absolute Gasteiger partial charge is 0.313 e. The van der Waals surface area contributed by atoms with Crippen molar-refractivity contribution in [3.63, 3.8) is 0 Å². The summed E-state index contributed by atoms with van der Waals surface area (Å²) in [5, 5.41) is 3.29. The van der Waals surface area contributed by atoms with Crippen LogP contribution >= 0.6 is 15.9 Å². The molecule has 3 rings (SSSR count). The molecule has 0 amide bonds. The Labute approximate surface area is 127 Å². The van der Waals surface area contributed by atoms with E-state index in [4.69, 9.17) is 0 Å². The maximum atomic E-state index is 14.3. The lowest BCUT2D eigenvalue weighted by Crippen LogP contribution is -2.20. The van der Waals surface area contributed by atoms with Gasteiger partial charge in [0.1, 0.15) is 5.82 Å². The molecular formula is C17H17BrFN. The number of halogens is 2. The van der Waals surface area contributed by atoms with Crippen molar-refractivity contribution in [1.82, 2.24) is 5.32 Å². The van der Waals surface area contributed by atoms with Crippen LogP contribution in [0.15, 0.2) is 53.0 Å². The molecular weight excluding hydrogens is 317 g/mol. The topological polar surface area (TPSA) is 12.0 Å². The molecule has 0 heterocycles. The first-order valence-corrected chi connectivity index (χ1v) is 7.67. The lowest BCUT2D eigenvalue weighted by atomic mass is 9.98. The van der Waals surface area contributed by atoms with Crippen molar-refractivity contribution < 1.29 is 4.39 Å². The number of hydrogen-bond donors (Lipinski definition) is 1. The summed E-state index contributed by atoms with van der Waals surface area (Å²) in [6, 6.07) is 16.1. The van der Waals surface area contributed by atoms with Crippen LogP contribution in [0.25, 0.3) is 0 Å². The summed E-state index contributed by atoms with van der Waals surface area (Å²) >= 11 is 3.27. The van der Waals surface area contributed by atoms with E-state index in [-0.39, 0.29) is 11.9 Å². The minimum absolute atomic E-state index is 0.0673. The van der Waals surface area contributed by atoms with E-state index in [0.717, 1.165) is 12.0 Å². The molecule has 20 heavy (non-hydrogen) atoms. The molecule has 0 radical (unpaired) electrons. The van der Waals surface area contributed by atoms with Gasteiger partial charge in [0.25, 0.3) is 0 Å². The molecule has 0 bridgehead atoms. The lowest BCUT2D eigenvalue weighted by Gasteiger charge is -2.18. The zero-order chi connectivity index (χ0) is 14.1. The molecule has 2 aromatic carbocycles. The SMILES string of the molecule is CNC(c1cccc(Br)c1F)C1CC1c1ccccc1. The zero-order valence-corrected chi connectivity index (χ0v) is 12.9. The minimum atomic E-state index is -0.148. The van der Waals surface area contributed by atoms with Crippen molar-refractivity contribution in [2.75, 3.05) is 7.05 Å². The van der Waals surface area contributed by atoms with Crippen molar-refractivity contribution in [3.8, 4) is 0 Å². The smallest absolute Gasteiger partial charge is 0.142 e. The van der Waals surface area contributed by atoms with E-state index in [1.54, 1.807) is 6.07 Å². The van der Waals surface area contributed by atoms with E-state index < -0.39 is 0 Å². The highest BCUT2D eigenvalue weighted by atomic mass is 79.9. The van der Waals surface area contributed by atoms with E-state index in [1.165, 1.54) is 5.56 Å². The zero-order valence-electron chi connectivity index (χ0n) is 11.3. The lowest BCUT2D eigenvalue weighted by molar-refractivity contribution is 0.483. The van der Waals surface area contributed by atoms with Crippen molar-refractivity contribution >= 4 is 15.9 Å². The highest BCUT2D eigenvalue weighted by molar-refractivity contribution is 9.10. The van der Waals surface area contributed by atoms with Gasteiger partial charge in [0.2, 0.25) is 0 Å². The minimum Gasteiger partial charge on any atom is -0.313 e. The summed E-state index contributed by atoms with van der Waals surface area (Å²) in [7, 11) is 1.91. The number of hydrogen-bond acceptors (Lipinski definition) is 1. The fraction of sp³-hybridized carbons (Fsp3) is 0.294. The second kappa shape index (κ2) is 5.66. The number of rotatable bonds is 4. The van der Waals surface area contributed by atoms with Crippen LogP contribution in [0.3, 0.4) is 0 Å². The maximum absolute atomic E-state index is 14.3. The highest BCUT2D eigenvalue weighted by Gasteiger charge is 2.44. The van der Waals surface area contributed by atoms with Crippen LogP contribution in [0, 0.1) is 11.7 Å². The van der Waals surface area contributed by atoms with Gasteiger partial charge in [0.15, 0.2) is 0 Å². The summed E-state index contributed by atoms with van der Waals surface area (Å²) in [6.07, 6.45) is 1.11. The van der Waals surface area contributed by atoms with Crippen LogP contribution < -0.4 is 5.32 Å². The number of nitrogens with one attached hydrogen (secondary N) is 1. The average Bonchev–Trinajstić information content (AvgIpc) is 3.26.